The predicted molar refractivity (Wildman–Crippen MR) is 103 cm³/mol. The molecule has 3 aromatic rings. The fourth-order valence-corrected chi connectivity index (χ4v) is 3.52. The zero-order valence-electron chi connectivity index (χ0n) is 15.8. The van der Waals surface area contributed by atoms with Gasteiger partial charge in [-0.2, -0.15) is 13.2 Å². The SMILES string of the molecule is CN(Cc1ccccc1F)C(=O)CSc1nnc(-c2ccncc2)n1CC(F)(F)F. The van der Waals surface area contributed by atoms with Crippen LogP contribution in [-0.2, 0) is 17.9 Å². The van der Waals surface area contributed by atoms with Crippen LogP contribution in [0.25, 0.3) is 11.4 Å². The molecule has 0 atom stereocenters. The van der Waals surface area contributed by atoms with Crippen LogP contribution in [0.5, 0.6) is 0 Å². The number of alkyl halides is 3. The molecule has 0 unspecified atom stereocenters. The summed E-state index contributed by atoms with van der Waals surface area (Å²) in [5.41, 5.74) is 0.773. The van der Waals surface area contributed by atoms with Gasteiger partial charge in [-0.1, -0.05) is 30.0 Å². The summed E-state index contributed by atoms with van der Waals surface area (Å²) >= 11 is 0.843. The van der Waals surface area contributed by atoms with Crippen molar-refractivity contribution in [2.75, 3.05) is 12.8 Å². The minimum Gasteiger partial charge on any atom is -0.341 e. The van der Waals surface area contributed by atoms with E-state index in [2.05, 4.69) is 15.2 Å². The molecule has 0 aliphatic heterocycles. The summed E-state index contributed by atoms with van der Waals surface area (Å²) in [6, 6.07) is 9.11. The van der Waals surface area contributed by atoms with Crippen molar-refractivity contribution < 1.29 is 22.4 Å². The van der Waals surface area contributed by atoms with E-state index >= 15 is 0 Å². The summed E-state index contributed by atoms with van der Waals surface area (Å²) in [6.07, 6.45) is -1.61. The van der Waals surface area contributed by atoms with E-state index in [1.807, 2.05) is 0 Å². The number of nitrogens with zero attached hydrogens (tertiary/aromatic N) is 5. The molecule has 1 aromatic carbocycles. The fourth-order valence-electron chi connectivity index (χ4n) is 2.64. The Hall–Kier alpha value is -2.95. The molecule has 2 heterocycles. The molecule has 2 aromatic heterocycles. The van der Waals surface area contributed by atoms with E-state index in [0.29, 0.717) is 11.1 Å². The molecule has 6 nitrogen and oxygen atoms in total. The predicted octanol–water partition coefficient (Wildman–Crippen LogP) is 3.79. The smallest absolute Gasteiger partial charge is 0.341 e. The normalized spacial score (nSPS) is 11.5. The molecule has 0 fully saturated rings. The first-order chi connectivity index (χ1) is 14.2. The summed E-state index contributed by atoms with van der Waals surface area (Å²) in [4.78, 5) is 17.5. The number of aromatic nitrogens is 4. The molecular weight excluding hydrogens is 422 g/mol. The summed E-state index contributed by atoms with van der Waals surface area (Å²) in [5, 5.41) is 7.66. The van der Waals surface area contributed by atoms with E-state index in [1.54, 1.807) is 18.2 Å². The third-order valence-corrected chi connectivity index (χ3v) is 5.06. The van der Waals surface area contributed by atoms with Crippen LogP contribution >= 0.6 is 11.8 Å². The summed E-state index contributed by atoms with van der Waals surface area (Å²) < 4.78 is 54.0. The topological polar surface area (TPSA) is 63.9 Å². The van der Waals surface area contributed by atoms with E-state index in [-0.39, 0.29) is 29.2 Å². The zero-order chi connectivity index (χ0) is 21.7. The van der Waals surface area contributed by atoms with Crippen molar-refractivity contribution in [3.63, 3.8) is 0 Å². The van der Waals surface area contributed by atoms with Gasteiger partial charge in [0.05, 0.1) is 5.75 Å². The number of thioether (sulfide) groups is 1. The van der Waals surface area contributed by atoms with E-state index in [1.165, 1.54) is 42.5 Å². The molecule has 0 saturated heterocycles. The molecule has 30 heavy (non-hydrogen) atoms. The van der Waals surface area contributed by atoms with Crippen molar-refractivity contribution in [2.24, 2.45) is 0 Å². The van der Waals surface area contributed by atoms with E-state index < -0.39 is 18.5 Å². The number of hydrogen-bond donors (Lipinski definition) is 0. The van der Waals surface area contributed by atoms with Gasteiger partial charge in [0.25, 0.3) is 0 Å². The highest BCUT2D eigenvalue weighted by atomic mass is 32.2. The van der Waals surface area contributed by atoms with Gasteiger partial charge in [0.15, 0.2) is 11.0 Å². The van der Waals surface area contributed by atoms with E-state index in [0.717, 1.165) is 16.3 Å². The standard InChI is InChI=1S/C19H17F4N5OS/c1-27(10-14-4-2-3-5-15(14)20)16(29)11-30-18-26-25-17(13-6-8-24-9-7-13)28(18)12-19(21,22)23/h2-9H,10-12H2,1H3. The number of hydrogen-bond acceptors (Lipinski definition) is 5. The van der Waals surface area contributed by atoms with Crippen molar-refractivity contribution in [2.45, 2.75) is 24.4 Å². The van der Waals surface area contributed by atoms with Gasteiger partial charge in [-0.05, 0) is 18.2 Å². The summed E-state index contributed by atoms with van der Waals surface area (Å²) in [7, 11) is 1.50. The van der Waals surface area contributed by atoms with Crippen LogP contribution in [0, 0.1) is 5.82 Å². The van der Waals surface area contributed by atoms with Crippen LogP contribution in [-0.4, -0.2) is 49.5 Å². The number of carbonyl (C=O) groups is 1. The molecule has 0 bridgehead atoms. The maximum absolute atomic E-state index is 13.8. The first-order valence-corrected chi connectivity index (χ1v) is 9.73. The minimum atomic E-state index is -4.49. The second-order valence-corrected chi connectivity index (χ2v) is 7.32. The molecule has 0 aliphatic rings. The number of amides is 1. The van der Waals surface area contributed by atoms with Crippen LogP contribution in [0.3, 0.4) is 0 Å². The number of carbonyl (C=O) groups excluding carboxylic acids is 1. The highest BCUT2D eigenvalue weighted by molar-refractivity contribution is 7.99. The Bertz CT molecular complexity index is 1010. The minimum absolute atomic E-state index is 0.0318. The summed E-state index contributed by atoms with van der Waals surface area (Å²) in [6.45, 7) is -1.25. The van der Waals surface area contributed by atoms with Gasteiger partial charge in [0, 0.05) is 37.1 Å². The van der Waals surface area contributed by atoms with Gasteiger partial charge >= 0.3 is 6.18 Å². The van der Waals surface area contributed by atoms with E-state index in [9.17, 15) is 22.4 Å². The fraction of sp³-hybridized carbons (Fsp3) is 0.263. The van der Waals surface area contributed by atoms with Gasteiger partial charge < -0.3 is 4.90 Å². The molecular formula is C19H17F4N5OS. The van der Waals surface area contributed by atoms with Crippen molar-refractivity contribution in [3.8, 4) is 11.4 Å². The van der Waals surface area contributed by atoms with Crippen molar-refractivity contribution in [3.05, 3.63) is 60.2 Å². The van der Waals surface area contributed by atoms with Gasteiger partial charge in [-0.15, -0.1) is 10.2 Å². The lowest BCUT2D eigenvalue weighted by Gasteiger charge is -2.17. The third-order valence-electron chi connectivity index (χ3n) is 4.11. The Morgan fingerprint density at radius 2 is 1.83 bits per heavy atom. The first kappa shape index (κ1) is 21.8. The third kappa shape index (κ3) is 5.56. The lowest BCUT2D eigenvalue weighted by Crippen LogP contribution is -2.28. The second kappa shape index (κ2) is 9.24. The van der Waals surface area contributed by atoms with Crippen molar-refractivity contribution in [1.82, 2.24) is 24.6 Å². The maximum Gasteiger partial charge on any atom is 0.406 e. The van der Waals surface area contributed by atoms with Crippen LogP contribution < -0.4 is 0 Å². The van der Waals surface area contributed by atoms with Gasteiger partial charge in [0.1, 0.15) is 12.4 Å². The number of pyridine rings is 1. The Kier molecular flexibility index (Phi) is 6.70. The molecule has 3 rings (SSSR count). The molecule has 1 amide bonds. The zero-order valence-corrected chi connectivity index (χ0v) is 16.6. The second-order valence-electron chi connectivity index (χ2n) is 6.37. The Labute approximate surface area is 173 Å². The summed E-state index contributed by atoms with van der Waals surface area (Å²) in [5.74, 6) is -0.950. The van der Waals surface area contributed by atoms with Gasteiger partial charge in [-0.25, -0.2) is 4.39 Å². The lowest BCUT2D eigenvalue weighted by molar-refractivity contribution is -0.141. The van der Waals surface area contributed by atoms with Crippen LogP contribution in [0.1, 0.15) is 5.56 Å². The monoisotopic (exact) mass is 439 g/mol. The molecule has 158 valence electrons. The highest BCUT2D eigenvalue weighted by Crippen LogP contribution is 2.28. The van der Waals surface area contributed by atoms with E-state index in [4.69, 9.17) is 0 Å². The van der Waals surface area contributed by atoms with Gasteiger partial charge in [0.2, 0.25) is 5.91 Å². The molecule has 0 saturated carbocycles. The molecule has 0 N–H and O–H groups in total. The molecule has 0 radical (unpaired) electrons. The van der Waals surface area contributed by atoms with Gasteiger partial charge in [-0.3, -0.25) is 14.3 Å². The van der Waals surface area contributed by atoms with Crippen LogP contribution in [0.15, 0.2) is 53.9 Å². The Morgan fingerprint density at radius 3 is 2.50 bits per heavy atom. The van der Waals surface area contributed by atoms with Crippen molar-refractivity contribution in [1.29, 1.82) is 0 Å². The highest BCUT2D eigenvalue weighted by Gasteiger charge is 2.31. The average molecular weight is 439 g/mol. The van der Waals surface area contributed by atoms with Crippen LogP contribution in [0.2, 0.25) is 0 Å². The molecule has 0 aliphatic carbocycles. The van der Waals surface area contributed by atoms with Crippen molar-refractivity contribution >= 4 is 17.7 Å². The lowest BCUT2D eigenvalue weighted by atomic mass is 10.2. The maximum atomic E-state index is 13.8. The average Bonchev–Trinajstić information content (AvgIpc) is 3.09. The number of benzene rings is 1. The Morgan fingerprint density at radius 1 is 1.13 bits per heavy atom. The van der Waals surface area contributed by atoms with Crippen LogP contribution in [0.4, 0.5) is 17.6 Å². The number of halogens is 4. The first-order valence-electron chi connectivity index (χ1n) is 8.75. The molecule has 0 spiro atoms. The largest absolute Gasteiger partial charge is 0.406 e. The number of rotatable bonds is 7. The molecule has 11 heteroatoms. The quantitative estimate of drug-likeness (QED) is 0.414. The Balaban J connectivity index is 1.73.